The van der Waals surface area contributed by atoms with Crippen molar-refractivity contribution >= 4 is 57.5 Å². The number of hydrogen-bond donors (Lipinski definition) is 0. The van der Waals surface area contributed by atoms with Gasteiger partial charge in [0.1, 0.15) is 18.8 Å². The molecular formula is C40H34N2O7. The molecule has 2 aliphatic heterocycles. The van der Waals surface area contributed by atoms with Gasteiger partial charge in [-0.25, -0.2) is 9.80 Å². The fourth-order valence-corrected chi connectivity index (χ4v) is 8.03. The lowest BCUT2D eigenvalue weighted by atomic mass is 9.85. The first kappa shape index (κ1) is 30.9. The lowest BCUT2D eigenvalue weighted by Gasteiger charge is -2.32. The number of hydrogen-bond acceptors (Lipinski definition) is 7. The summed E-state index contributed by atoms with van der Waals surface area (Å²) >= 11 is 0. The van der Waals surface area contributed by atoms with Gasteiger partial charge in [0, 0.05) is 38.9 Å². The number of rotatable bonds is 8. The Morgan fingerprint density at radius 2 is 1.12 bits per heavy atom. The maximum absolute atomic E-state index is 14.0. The summed E-state index contributed by atoms with van der Waals surface area (Å²) in [6, 6.07) is 20.4. The molecule has 0 unspecified atom stereocenters. The number of ether oxygens (including phenoxy) is 1. The van der Waals surface area contributed by atoms with Gasteiger partial charge in [-0.15, -0.1) is 0 Å². The van der Waals surface area contributed by atoms with Gasteiger partial charge in [0.15, 0.2) is 0 Å². The Kier molecular flexibility index (Phi) is 7.70. The number of benzene rings is 4. The molecular weight excluding hydrogens is 620 g/mol. The van der Waals surface area contributed by atoms with Crippen LogP contribution in [0.1, 0.15) is 116 Å². The number of amides is 4. The Hall–Kier alpha value is -5.44. The molecule has 8 rings (SSSR count). The average Bonchev–Trinajstić information content (AvgIpc) is 3.86. The number of Topliss-reactive ketones (excluding diaryl/α,β-unsaturated/α-hetero) is 1. The van der Waals surface area contributed by atoms with E-state index in [9.17, 15) is 28.8 Å². The standard InChI is InChI=1S/C40H34N2O7/c43-33(26-9-3-4-10-26)21-34(44)49-22-23-6-5-11-28(20-23)42-39(47)31-18-16-29-35-30(17-19-32(36(31)35)40(42)48)38(46)41(37(29)45)27-14-12-25(13-15-27)24-7-1-2-8-24/h5-6,11-20,24,26H,1-4,7-10,21-22H2. The van der Waals surface area contributed by atoms with Crippen molar-refractivity contribution in [3.05, 3.63) is 106 Å². The van der Waals surface area contributed by atoms with Crippen LogP contribution in [0.25, 0.3) is 10.8 Å². The number of imide groups is 2. The highest BCUT2D eigenvalue weighted by Gasteiger charge is 2.41. The van der Waals surface area contributed by atoms with Gasteiger partial charge in [0.2, 0.25) is 0 Å². The van der Waals surface area contributed by atoms with E-state index in [2.05, 4.69) is 0 Å². The topological polar surface area (TPSA) is 118 Å². The molecule has 246 valence electrons. The third-order valence-electron chi connectivity index (χ3n) is 10.6. The fraction of sp³-hybridized carbons (Fsp3) is 0.300. The second-order valence-electron chi connectivity index (χ2n) is 13.5. The number of carbonyl (C=O) groups is 6. The minimum Gasteiger partial charge on any atom is -0.460 e. The van der Waals surface area contributed by atoms with Gasteiger partial charge in [-0.2, -0.15) is 0 Å². The first-order valence-corrected chi connectivity index (χ1v) is 17.0. The molecule has 4 aliphatic rings. The summed E-state index contributed by atoms with van der Waals surface area (Å²) in [6.07, 6.45) is 8.04. The van der Waals surface area contributed by atoms with Gasteiger partial charge in [-0.05, 0) is 91.3 Å². The van der Waals surface area contributed by atoms with Gasteiger partial charge >= 0.3 is 5.97 Å². The molecule has 0 atom stereocenters. The molecule has 2 fully saturated rings. The van der Waals surface area contributed by atoms with Crippen LogP contribution in [0.15, 0.2) is 72.8 Å². The summed E-state index contributed by atoms with van der Waals surface area (Å²) in [5.74, 6) is -2.49. The summed E-state index contributed by atoms with van der Waals surface area (Å²) in [5, 5.41) is 0.592. The summed E-state index contributed by atoms with van der Waals surface area (Å²) in [6.45, 7) is -0.121. The largest absolute Gasteiger partial charge is 0.460 e. The number of carbonyl (C=O) groups excluding carboxylic acids is 6. The first-order chi connectivity index (χ1) is 23.8. The molecule has 0 radical (unpaired) electrons. The molecule has 9 nitrogen and oxygen atoms in total. The van der Waals surface area contributed by atoms with E-state index < -0.39 is 29.6 Å². The van der Waals surface area contributed by atoms with Gasteiger partial charge in [0.05, 0.1) is 11.4 Å². The van der Waals surface area contributed by atoms with Gasteiger partial charge in [-0.1, -0.05) is 49.9 Å². The highest BCUT2D eigenvalue weighted by Crippen LogP contribution is 2.41. The number of nitrogens with zero attached hydrogens (tertiary/aromatic N) is 2. The maximum atomic E-state index is 14.0. The molecule has 4 amide bonds. The van der Waals surface area contributed by atoms with Crippen molar-refractivity contribution in [1.29, 1.82) is 0 Å². The fourth-order valence-electron chi connectivity index (χ4n) is 8.03. The van der Waals surface area contributed by atoms with Crippen molar-refractivity contribution in [3.8, 4) is 0 Å². The van der Waals surface area contributed by atoms with E-state index in [-0.39, 0.29) is 58.1 Å². The number of esters is 1. The molecule has 4 aromatic rings. The summed E-state index contributed by atoms with van der Waals surface area (Å²) in [7, 11) is 0. The molecule has 0 N–H and O–H groups in total. The second kappa shape index (κ2) is 12.2. The van der Waals surface area contributed by atoms with E-state index in [1.807, 2.05) is 24.3 Å². The smallest absolute Gasteiger partial charge is 0.313 e. The summed E-state index contributed by atoms with van der Waals surface area (Å²) in [4.78, 5) is 82.7. The van der Waals surface area contributed by atoms with E-state index in [0.29, 0.717) is 22.6 Å². The molecule has 2 saturated carbocycles. The summed E-state index contributed by atoms with van der Waals surface area (Å²) in [5.41, 5.74) is 3.40. The van der Waals surface area contributed by atoms with Crippen LogP contribution in [0, 0.1) is 5.92 Å². The minimum atomic E-state index is -0.607. The van der Waals surface area contributed by atoms with Gasteiger partial charge in [0.25, 0.3) is 23.6 Å². The van der Waals surface area contributed by atoms with Crippen LogP contribution in [0.2, 0.25) is 0 Å². The third-order valence-corrected chi connectivity index (χ3v) is 10.6. The van der Waals surface area contributed by atoms with Crippen molar-refractivity contribution < 1.29 is 33.5 Å². The zero-order chi connectivity index (χ0) is 33.8. The van der Waals surface area contributed by atoms with Crippen LogP contribution < -0.4 is 9.80 Å². The van der Waals surface area contributed by atoms with Crippen LogP contribution >= 0.6 is 0 Å². The Morgan fingerprint density at radius 1 is 0.612 bits per heavy atom. The zero-order valence-corrected chi connectivity index (χ0v) is 26.9. The van der Waals surface area contributed by atoms with Gasteiger partial charge in [-0.3, -0.25) is 28.8 Å². The van der Waals surface area contributed by atoms with Crippen molar-refractivity contribution in [2.75, 3.05) is 9.80 Å². The van der Waals surface area contributed by atoms with E-state index in [0.717, 1.165) is 43.4 Å². The number of anilines is 2. The van der Waals surface area contributed by atoms with Crippen molar-refractivity contribution in [2.24, 2.45) is 5.92 Å². The maximum Gasteiger partial charge on any atom is 0.313 e. The third kappa shape index (κ3) is 5.24. The van der Waals surface area contributed by atoms with E-state index in [4.69, 9.17) is 4.74 Å². The average molecular weight is 655 g/mol. The Morgan fingerprint density at radius 3 is 1.67 bits per heavy atom. The Labute approximate surface area is 282 Å². The lowest BCUT2D eigenvalue weighted by Crippen LogP contribution is -2.43. The Bertz CT molecular complexity index is 2020. The predicted molar refractivity (Wildman–Crippen MR) is 182 cm³/mol. The molecule has 4 aromatic carbocycles. The highest BCUT2D eigenvalue weighted by atomic mass is 16.5. The zero-order valence-electron chi connectivity index (χ0n) is 26.9. The summed E-state index contributed by atoms with van der Waals surface area (Å²) < 4.78 is 5.38. The normalized spacial score (nSPS) is 17.8. The quantitative estimate of drug-likeness (QED) is 0.111. The SMILES string of the molecule is O=C(CC(=O)C1CCCC1)OCc1cccc(N2C(=O)c3ccc4c5c(ccc(c35)C2=O)C(=O)N(c2ccc(C3CCCC3)cc2)C4=O)c1. The minimum absolute atomic E-state index is 0.0749. The van der Waals surface area contributed by atoms with E-state index in [1.54, 1.807) is 36.4 Å². The first-order valence-electron chi connectivity index (χ1n) is 17.0. The van der Waals surface area contributed by atoms with Crippen molar-refractivity contribution in [1.82, 2.24) is 0 Å². The molecule has 0 spiro atoms. The molecule has 2 heterocycles. The highest BCUT2D eigenvalue weighted by molar-refractivity contribution is 6.42. The van der Waals surface area contributed by atoms with Crippen LogP contribution in [-0.4, -0.2) is 35.4 Å². The van der Waals surface area contributed by atoms with Gasteiger partial charge < -0.3 is 4.74 Å². The lowest BCUT2D eigenvalue weighted by molar-refractivity contribution is -0.147. The second-order valence-corrected chi connectivity index (χ2v) is 13.5. The molecule has 9 heteroatoms. The molecule has 0 bridgehead atoms. The predicted octanol–water partition coefficient (Wildman–Crippen LogP) is 7.29. The van der Waals surface area contributed by atoms with Crippen LogP contribution in [0.3, 0.4) is 0 Å². The van der Waals surface area contributed by atoms with Crippen LogP contribution in [-0.2, 0) is 20.9 Å². The van der Waals surface area contributed by atoms with E-state index in [1.165, 1.54) is 35.4 Å². The monoisotopic (exact) mass is 654 g/mol. The number of ketones is 1. The molecule has 2 aliphatic carbocycles. The molecule has 0 saturated heterocycles. The van der Waals surface area contributed by atoms with Crippen molar-refractivity contribution in [2.45, 2.75) is 70.3 Å². The van der Waals surface area contributed by atoms with Crippen LogP contribution in [0.5, 0.6) is 0 Å². The van der Waals surface area contributed by atoms with Crippen molar-refractivity contribution in [3.63, 3.8) is 0 Å². The Balaban J connectivity index is 1.05. The van der Waals surface area contributed by atoms with E-state index >= 15 is 0 Å². The van der Waals surface area contributed by atoms with Crippen LogP contribution in [0.4, 0.5) is 11.4 Å². The molecule has 0 aromatic heterocycles. The molecule has 49 heavy (non-hydrogen) atoms.